The Hall–Kier alpha value is -1.08. The number of carbonyl (C=O) groups is 1. The van der Waals surface area contributed by atoms with Crippen LogP contribution in [0.3, 0.4) is 0 Å². The van der Waals surface area contributed by atoms with Crippen LogP contribution in [0, 0.1) is 5.92 Å². The molecule has 1 aliphatic heterocycles. The third kappa shape index (κ3) is 4.21. The van der Waals surface area contributed by atoms with Gasteiger partial charge in [-0.15, -0.1) is 0 Å². The Labute approximate surface area is 117 Å². The molecule has 2 heterocycles. The minimum atomic E-state index is -3.00. The van der Waals surface area contributed by atoms with E-state index >= 15 is 0 Å². The van der Waals surface area contributed by atoms with E-state index in [4.69, 9.17) is 11.6 Å². The summed E-state index contributed by atoms with van der Waals surface area (Å²) < 4.78 is 24.2. The van der Waals surface area contributed by atoms with Crippen molar-refractivity contribution in [2.75, 3.05) is 18.1 Å². The molecule has 0 radical (unpaired) electrons. The molecule has 1 aliphatic rings. The highest BCUT2D eigenvalue weighted by molar-refractivity contribution is 7.91. The second-order valence-corrected chi connectivity index (χ2v) is 7.33. The number of hydrogen-bond acceptors (Lipinski definition) is 4. The monoisotopic (exact) mass is 305 g/mol. The van der Waals surface area contributed by atoms with Crippen molar-refractivity contribution in [2.24, 2.45) is 5.92 Å². The van der Waals surface area contributed by atoms with Crippen molar-refractivity contribution < 1.29 is 13.2 Å². The van der Waals surface area contributed by atoms with Gasteiger partial charge >= 0.3 is 0 Å². The summed E-state index contributed by atoms with van der Waals surface area (Å²) in [6.07, 6.45) is 4.43. The van der Waals surface area contributed by atoms with Crippen LogP contribution in [-0.4, -0.2) is 42.2 Å². The molecule has 1 amide bonds. The Kier molecular flexibility index (Phi) is 4.46. The maximum absolute atomic E-state index is 11.7. The van der Waals surface area contributed by atoms with Gasteiger partial charge in [0.2, 0.25) is 5.91 Å². The quantitative estimate of drug-likeness (QED) is 0.802. The number of amides is 1. The molecule has 0 bridgehead atoms. The third-order valence-corrected chi connectivity index (χ3v) is 5.03. The number of rotatable bonds is 5. The first-order valence-electron chi connectivity index (χ1n) is 6.12. The molecule has 0 aliphatic carbocycles. The van der Waals surface area contributed by atoms with E-state index in [1.807, 2.05) is 0 Å². The fourth-order valence-electron chi connectivity index (χ4n) is 2.06. The number of carbonyl (C=O) groups excluding carboxylic acids is 1. The van der Waals surface area contributed by atoms with Crippen LogP contribution in [0.2, 0.25) is 5.02 Å². The summed E-state index contributed by atoms with van der Waals surface area (Å²) in [5, 5.41) is 7.37. The summed E-state index contributed by atoms with van der Waals surface area (Å²) in [6.45, 7) is 1.17. The predicted octanol–water partition coefficient (Wildman–Crippen LogP) is 0.477. The molecule has 1 fully saturated rings. The molecular formula is C11H16ClN3O3S. The molecule has 0 unspecified atom stereocenters. The first-order chi connectivity index (χ1) is 8.96. The molecule has 19 heavy (non-hydrogen) atoms. The Balaban J connectivity index is 1.67. The van der Waals surface area contributed by atoms with Gasteiger partial charge in [0, 0.05) is 19.3 Å². The summed E-state index contributed by atoms with van der Waals surface area (Å²) >= 11 is 5.73. The van der Waals surface area contributed by atoms with E-state index in [-0.39, 0.29) is 23.3 Å². The van der Waals surface area contributed by atoms with Crippen LogP contribution in [-0.2, 0) is 21.2 Å². The molecular weight excluding hydrogens is 290 g/mol. The van der Waals surface area contributed by atoms with Gasteiger partial charge in [-0.2, -0.15) is 5.10 Å². The van der Waals surface area contributed by atoms with Crippen LogP contribution in [0.15, 0.2) is 12.4 Å². The number of sulfone groups is 1. The molecule has 106 valence electrons. The van der Waals surface area contributed by atoms with Crippen LogP contribution in [0.25, 0.3) is 0 Å². The van der Waals surface area contributed by atoms with Crippen molar-refractivity contribution in [3.8, 4) is 0 Å². The van der Waals surface area contributed by atoms with Crippen LogP contribution >= 0.6 is 11.6 Å². The summed E-state index contributed by atoms with van der Waals surface area (Å²) in [6, 6.07) is 0. The fourth-order valence-corrected chi connectivity index (χ4v) is 3.96. The van der Waals surface area contributed by atoms with E-state index in [2.05, 4.69) is 10.4 Å². The highest BCUT2D eigenvalue weighted by Gasteiger charge is 2.32. The first-order valence-corrected chi connectivity index (χ1v) is 8.32. The minimum Gasteiger partial charge on any atom is -0.356 e. The maximum atomic E-state index is 11.7. The zero-order valence-corrected chi connectivity index (χ0v) is 12.0. The highest BCUT2D eigenvalue weighted by Crippen LogP contribution is 2.18. The molecule has 1 atom stereocenters. The van der Waals surface area contributed by atoms with Crippen LogP contribution in [0.1, 0.15) is 12.8 Å². The van der Waals surface area contributed by atoms with E-state index in [1.54, 1.807) is 17.1 Å². The zero-order chi connectivity index (χ0) is 13.9. The van der Waals surface area contributed by atoms with Crippen molar-refractivity contribution in [3.05, 3.63) is 17.4 Å². The van der Waals surface area contributed by atoms with Crippen molar-refractivity contribution >= 4 is 27.3 Å². The topological polar surface area (TPSA) is 81.1 Å². The largest absolute Gasteiger partial charge is 0.356 e. The van der Waals surface area contributed by atoms with E-state index in [1.165, 1.54) is 0 Å². The van der Waals surface area contributed by atoms with Crippen molar-refractivity contribution in [2.45, 2.75) is 19.4 Å². The maximum Gasteiger partial charge on any atom is 0.224 e. The molecule has 0 spiro atoms. The van der Waals surface area contributed by atoms with Crippen LogP contribution < -0.4 is 5.32 Å². The first kappa shape index (κ1) is 14.3. The Bertz CT molecular complexity index is 555. The van der Waals surface area contributed by atoms with Gasteiger partial charge in [-0.1, -0.05) is 11.6 Å². The predicted molar refractivity (Wildman–Crippen MR) is 71.6 cm³/mol. The normalized spacial score (nSPS) is 21.4. The SMILES string of the molecule is O=C(NCCCn1cc(Cl)cn1)[C@@H]1CCS(=O)(=O)C1. The number of aryl methyl sites for hydroxylation is 1. The van der Waals surface area contributed by atoms with Crippen molar-refractivity contribution in [1.82, 2.24) is 15.1 Å². The molecule has 1 saturated heterocycles. The second-order valence-electron chi connectivity index (χ2n) is 4.67. The van der Waals surface area contributed by atoms with E-state index in [0.717, 1.165) is 6.42 Å². The molecule has 6 nitrogen and oxygen atoms in total. The summed E-state index contributed by atoms with van der Waals surface area (Å²) in [4.78, 5) is 11.7. The number of nitrogens with one attached hydrogen (secondary N) is 1. The van der Waals surface area contributed by atoms with Gasteiger partial charge in [0.1, 0.15) is 0 Å². The summed E-state index contributed by atoms with van der Waals surface area (Å²) in [5.41, 5.74) is 0. The average Bonchev–Trinajstić information content (AvgIpc) is 2.90. The Morgan fingerprint density at radius 1 is 1.58 bits per heavy atom. The molecule has 1 N–H and O–H groups in total. The lowest BCUT2D eigenvalue weighted by atomic mass is 10.1. The van der Waals surface area contributed by atoms with Gasteiger partial charge in [0.05, 0.1) is 28.6 Å². The molecule has 2 rings (SSSR count). The average molecular weight is 306 g/mol. The van der Waals surface area contributed by atoms with Gasteiger partial charge in [-0.25, -0.2) is 8.42 Å². The summed E-state index contributed by atoms with van der Waals surface area (Å²) in [5.74, 6) is -0.450. The molecule has 8 heteroatoms. The minimum absolute atomic E-state index is 0.0202. The lowest BCUT2D eigenvalue weighted by molar-refractivity contribution is -0.124. The molecule has 0 saturated carbocycles. The third-order valence-electron chi connectivity index (χ3n) is 3.07. The number of aromatic nitrogens is 2. The zero-order valence-electron chi connectivity index (χ0n) is 10.4. The van der Waals surface area contributed by atoms with Crippen LogP contribution in [0.4, 0.5) is 0 Å². The van der Waals surface area contributed by atoms with Gasteiger partial charge in [-0.3, -0.25) is 9.48 Å². The standard InChI is InChI=1S/C11H16ClN3O3S/c12-10-6-14-15(7-10)4-1-3-13-11(16)9-2-5-19(17,18)8-9/h6-7,9H,1-5,8H2,(H,13,16)/t9-/m1/s1. The lowest BCUT2D eigenvalue weighted by Crippen LogP contribution is -2.32. The van der Waals surface area contributed by atoms with Crippen molar-refractivity contribution in [1.29, 1.82) is 0 Å². The van der Waals surface area contributed by atoms with Crippen LogP contribution in [0.5, 0.6) is 0 Å². The number of hydrogen-bond donors (Lipinski definition) is 1. The second kappa shape index (κ2) is 5.92. The molecule has 0 aromatic carbocycles. The lowest BCUT2D eigenvalue weighted by Gasteiger charge is -2.09. The van der Waals surface area contributed by atoms with Gasteiger partial charge < -0.3 is 5.32 Å². The van der Waals surface area contributed by atoms with E-state index < -0.39 is 9.84 Å². The van der Waals surface area contributed by atoms with E-state index in [0.29, 0.717) is 24.5 Å². The molecule has 1 aromatic rings. The van der Waals surface area contributed by atoms with Gasteiger partial charge in [0.25, 0.3) is 0 Å². The van der Waals surface area contributed by atoms with Crippen molar-refractivity contribution in [3.63, 3.8) is 0 Å². The Morgan fingerprint density at radius 3 is 2.95 bits per heavy atom. The molecule has 1 aromatic heterocycles. The van der Waals surface area contributed by atoms with Gasteiger partial charge in [-0.05, 0) is 12.8 Å². The number of halogens is 1. The fraction of sp³-hybridized carbons (Fsp3) is 0.636. The Morgan fingerprint density at radius 2 is 2.37 bits per heavy atom. The highest BCUT2D eigenvalue weighted by atomic mass is 35.5. The van der Waals surface area contributed by atoms with E-state index in [9.17, 15) is 13.2 Å². The number of nitrogens with zero attached hydrogens (tertiary/aromatic N) is 2. The van der Waals surface area contributed by atoms with Gasteiger partial charge in [0.15, 0.2) is 9.84 Å². The summed E-state index contributed by atoms with van der Waals surface area (Å²) in [7, 11) is -3.00. The smallest absolute Gasteiger partial charge is 0.224 e.